The van der Waals surface area contributed by atoms with E-state index in [2.05, 4.69) is 6.07 Å². The van der Waals surface area contributed by atoms with Crippen LogP contribution in [0.1, 0.15) is 16.7 Å². The minimum atomic E-state index is -0.377. The van der Waals surface area contributed by atoms with Crippen molar-refractivity contribution < 1.29 is 9.13 Å². The summed E-state index contributed by atoms with van der Waals surface area (Å²) in [5, 5.41) is 10.5. The highest BCUT2D eigenvalue weighted by atomic mass is 35.5. The van der Waals surface area contributed by atoms with Gasteiger partial charge in [0, 0.05) is 15.6 Å². The second kappa shape index (κ2) is 8.73. The topological polar surface area (TPSA) is 33.0 Å². The maximum Gasteiger partial charge on any atom is 0.123 e. The highest BCUT2D eigenvalue weighted by Gasteiger charge is 2.04. The predicted molar refractivity (Wildman–Crippen MR) is 107 cm³/mol. The first-order chi connectivity index (χ1) is 13.0. The Morgan fingerprint density at radius 2 is 1.81 bits per heavy atom. The highest BCUT2D eigenvalue weighted by Crippen LogP contribution is 2.24. The first-order valence-electron chi connectivity index (χ1n) is 8.10. The number of nitrogens with zero attached hydrogens (tertiary/aromatic N) is 1. The highest BCUT2D eigenvalue weighted by molar-refractivity contribution is 6.35. The van der Waals surface area contributed by atoms with E-state index in [9.17, 15) is 9.65 Å². The van der Waals surface area contributed by atoms with Gasteiger partial charge >= 0.3 is 0 Å². The molecule has 134 valence electrons. The van der Waals surface area contributed by atoms with Gasteiger partial charge in [0.2, 0.25) is 0 Å². The van der Waals surface area contributed by atoms with Crippen LogP contribution in [-0.4, -0.2) is 0 Å². The average Bonchev–Trinajstić information content (AvgIpc) is 2.66. The van der Waals surface area contributed by atoms with Crippen LogP contribution >= 0.6 is 23.2 Å². The Hall–Kier alpha value is -2.80. The molecule has 3 rings (SSSR count). The quantitative estimate of drug-likeness (QED) is 0.351. The summed E-state index contributed by atoms with van der Waals surface area (Å²) in [6.07, 6.45) is 1.70. The van der Waals surface area contributed by atoms with E-state index in [0.29, 0.717) is 33.5 Å². The molecule has 5 heteroatoms. The molecule has 27 heavy (non-hydrogen) atoms. The van der Waals surface area contributed by atoms with Gasteiger partial charge in [-0.2, -0.15) is 5.26 Å². The smallest absolute Gasteiger partial charge is 0.123 e. The van der Waals surface area contributed by atoms with Gasteiger partial charge < -0.3 is 4.74 Å². The molecule has 0 saturated carbocycles. The SMILES string of the molecule is N#C/C(=C/c1ccc(OCc2ccc(Cl)cc2Cl)cc1)c1cccc(F)c1. The number of benzene rings is 3. The monoisotopic (exact) mass is 397 g/mol. The van der Waals surface area contributed by atoms with Crippen LogP contribution in [-0.2, 0) is 6.61 Å². The number of rotatable bonds is 5. The Bertz CT molecular complexity index is 1020. The van der Waals surface area contributed by atoms with Crippen molar-refractivity contribution in [3.8, 4) is 11.8 Å². The summed E-state index contributed by atoms with van der Waals surface area (Å²) in [5.74, 6) is 0.292. The lowest BCUT2D eigenvalue weighted by Crippen LogP contribution is -1.96. The van der Waals surface area contributed by atoms with Gasteiger partial charge in [-0.3, -0.25) is 0 Å². The van der Waals surface area contributed by atoms with Crippen molar-refractivity contribution in [1.29, 1.82) is 5.26 Å². The van der Waals surface area contributed by atoms with Crippen LogP contribution in [0.2, 0.25) is 10.0 Å². The van der Waals surface area contributed by atoms with Crippen molar-refractivity contribution in [3.05, 3.63) is 99.3 Å². The summed E-state index contributed by atoms with van der Waals surface area (Å²) in [6.45, 7) is 0.317. The van der Waals surface area contributed by atoms with Gasteiger partial charge in [-0.05, 0) is 53.6 Å². The summed E-state index contributed by atoms with van der Waals surface area (Å²) in [7, 11) is 0. The number of ether oxygens (including phenoxy) is 1. The summed E-state index contributed by atoms with van der Waals surface area (Å²) >= 11 is 12.0. The van der Waals surface area contributed by atoms with E-state index in [-0.39, 0.29) is 5.82 Å². The van der Waals surface area contributed by atoms with Crippen LogP contribution in [0.15, 0.2) is 66.7 Å². The van der Waals surface area contributed by atoms with Gasteiger partial charge in [-0.25, -0.2) is 4.39 Å². The van der Waals surface area contributed by atoms with Crippen LogP contribution in [0.4, 0.5) is 4.39 Å². The molecule has 0 radical (unpaired) electrons. The number of halogens is 3. The molecule has 0 fully saturated rings. The van der Waals surface area contributed by atoms with Gasteiger partial charge in [-0.15, -0.1) is 0 Å². The Kier molecular flexibility index (Phi) is 6.13. The second-order valence-electron chi connectivity index (χ2n) is 5.77. The van der Waals surface area contributed by atoms with Crippen LogP contribution in [0.3, 0.4) is 0 Å². The molecule has 0 N–H and O–H groups in total. The standard InChI is InChI=1S/C22H14Cl2FNO/c23-19-7-6-17(22(24)12-19)14-27-21-8-4-15(5-9-21)10-18(13-26)16-2-1-3-20(25)11-16/h1-12H,14H2/b18-10-. The lowest BCUT2D eigenvalue weighted by Gasteiger charge is -2.08. The van der Waals surface area contributed by atoms with Gasteiger partial charge in [-0.1, -0.05) is 53.5 Å². The lowest BCUT2D eigenvalue weighted by atomic mass is 10.0. The molecule has 0 aliphatic heterocycles. The third kappa shape index (κ3) is 5.10. The molecule has 3 aromatic carbocycles. The van der Waals surface area contributed by atoms with Crippen molar-refractivity contribution >= 4 is 34.9 Å². The van der Waals surface area contributed by atoms with E-state index in [1.54, 1.807) is 42.5 Å². The van der Waals surface area contributed by atoms with Gasteiger partial charge in [0.25, 0.3) is 0 Å². The van der Waals surface area contributed by atoms with Crippen LogP contribution < -0.4 is 4.74 Å². The maximum absolute atomic E-state index is 13.4. The van der Waals surface area contributed by atoms with Gasteiger partial charge in [0.15, 0.2) is 0 Å². The Morgan fingerprint density at radius 3 is 2.48 bits per heavy atom. The fraction of sp³-hybridized carbons (Fsp3) is 0.0455. The molecule has 0 aliphatic rings. The summed E-state index contributed by atoms with van der Waals surface area (Å²) < 4.78 is 19.1. The first kappa shape index (κ1) is 19.0. The summed E-state index contributed by atoms with van der Waals surface area (Å²) in [4.78, 5) is 0. The molecule has 0 aromatic heterocycles. The van der Waals surface area contributed by atoms with Crippen molar-refractivity contribution in [3.63, 3.8) is 0 Å². The van der Waals surface area contributed by atoms with Crippen molar-refractivity contribution in [1.82, 2.24) is 0 Å². The Balaban J connectivity index is 1.72. The average molecular weight is 398 g/mol. The molecule has 2 nitrogen and oxygen atoms in total. The molecular formula is C22H14Cl2FNO. The maximum atomic E-state index is 13.4. The largest absolute Gasteiger partial charge is 0.489 e. The number of allylic oxidation sites excluding steroid dienone is 1. The van der Waals surface area contributed by atoms with E-state index in [1.807, 2.05) is 18.2 Å². The van der Waals surface area contributed by atoms with E-state index in [0.717, 1.165) is 11.1 Å². The zero-order valence-electron chi connectivity index (χ0n) is 14.1. The number of nitriles is 1. The van der Waals surface area contributed by atoms with Crippen molar-refractivity contribution in [2.75, 3.05) is 0 Å². The van der Waals surface area contributed by atoms with E-state index in [1.165, 1.54) is 12.1 Å². The molecule has 3 aromatic rings. The van der Waals surface area contributed by atoms with Gasteiger partial charge in [0.05, 0.1) is 11.6 Å². The molecule has 0 unspecified atom stereocenters. The molecule has 0 aliphatic carbocycles. The zero-order chi connectivity index (χ0) is 19.2. The first-order valence-corrected chi connectivity index (χ1v) is 8.85. The van der Waals surface area contributed by atoms with Crippen LogP contribution in [0.25, 0.3) is 11.6 Å². The molecule has 0 spiro atoms. The molecule has 0 heterocycles. The van der Waals surface area contributed by atoms with Crippen molar-refractivity contribution in [2.45, 2.75) is 6.61 Å². The molecular weight excluding hydrogens is 384 g/mol. The predicted octanol–water partition coefficient (Wildman–Crippen LogP) is 6.78. The number of hydrogen-bond acceptors (Lipinski definition) is 2. The van der Waals surface area contributed by atoms with Gasteiger partial charge in [0.1, 0.15) is 18.2 Å². The molecule has 0 saturated heterocycles. The molecule has 0 atom stereocenters. The van der Waals surface area contributed by atoms with E-state index >= 15 is 0 Å². The fourth-order valence-electron chi connectivity index (χ4n) is 2.46. The third-order valence-corrected chi connectivity index (χ3v) is 4.44. The normalized spacial score (nSPS) is 11.1. The minimum absolute atomic E-state index is 0.317. The summed E-state index contributed by atoms with van der Waals surface area (Å²) in [5.41, 5.74) is 2.57. The second-order valence-corrected chi connectivity index (χ2v) is 6.62. The molecule has 0 bridgehead atoms. The minimum Gasteiger partial charge on any atom is -0.489 e. The molecule has 0 amide bonds. The van der Waals surface area contributed by atoms with Crippen molar-refractivity contribution in [2.24, 2.45) is 0 Å². The zero-order valence-corrected chi connectivity index (χ0v) is 15.6. The van der Waals surface area contributed by atoms with Crippen LogP contribution in [0.5, 0.6) is 5.75 Å². The van der Waals surface area contributed by atoms with E-state index < -0.39 is 0 Å². The summed E-state index contributed by atoms with van der Waals surface area (Å²) in [6, 6.07) is 20.6. The third-order valence-electron chi connectivity index (χ3n) is 3.86. The lowest BCUT2D eigenvalue weighted by molar-refractivity contribution is 0.306. The Labute approximate surface area is 167 Å². The Morgan fingerprint density at radius 1 is 1.04 bits per heavy atom. The van der Waals surface area contributed by atoms with E-state index in [4.69, 9.17) is 27.9 Å². The number of hydrogen-bond donors (Lipinski definition) is 0. The fourth-order valence-corrected chi connectivity index (χ4v) is 2.93. The van der Waals surface area contributed by atoms with Crippen LogP contribution in [0, 0.1) is 17.1 Å².